The normalized spacial score (nSPS) is 12.1. The third-order valence-electron chi connectivity index (χ3n) is 2.78. The molecule has 1 rings (SSSR count). The van der Waals surface area contributed by atoms with Crippen LogP contribution in [0.15, 0.2) is 29.2 Å². The number of hydrogen-bond donors (Lipinski definition) is 1. The summed E-state index contributed by atoms with van der Waals surface area (Å²) in [5.74, 6) is -3.41. The van der Waals surface area contributed by atoms with E-state index >= 15 is 0 Å². The van der Waals surface area contributed by atoms with E-state index in [-0.39, 0.29) is 10.6 Å². The van der Waals surface area contributed by atoms with Crippen LogP contribution in [0.25, 0.3) is 0 Å². The fourth-order valence-electron chi connectivity index (χ4n) is 1.50. The predicted molar refractivity (Wildman–Crippen MR) is 71.3 cm³/mol. The number of nitrogens with zero attached hydrogens (tertiary/aromatic N) is 1. The van der Waals surface area contributed by atoms with E-state index in [0.29, 0.717) is 13.1 Å². The molecule has 0 spiro atoms. The second kappa shape index (κ2) is 6.81. The Morgan fingerprint density at radius 2 is 1.95 bits per heavy atom. The van der Waals surface area contributed by atoms with Crippen LogP contribution < -0.4 is 5.32 Å². The van der Waals surface area contributed by atoms with E-state index in [1.54, 1.807) is 6.07 Å². The smallest absolute Gasteiger partial charge is 0.341 e. The second-order valence-electron chi connectivity index (χ2n) is 4.12. The Hall–Kier alpha value is -1.21. The minimum absolute atomic E-state index is 0.215. The molecule has 0 aliphatic carbocycles. The summed E-state index contributed by atoms with van der Waals surface area (Å²) in [6.07, 6.45) is 0. The van der Waals surface area contributed by atoms with Crippen molar-refractivity contribution in [2.24, 2.45) is 0 Å². The second-order valence-corrected chi connectivity index (χ2v) is 6.01. The molecule has 0 amide bonds. The number of sulfone groups is 1. The van der Waals surface area contributed by atoms with E-state index < -0.39 is 15.6 Å². The molecule has 4 nitrogen and oxygen atoms in total. The van der Waals surface area contributed by atoms with Gasteiger partial charge in [0, 0.05) is 13.1 Å². The Morgan fingerprint density at radius 3 is 2.53 bits per heavy atom. The maximum atomic E-state index is 12.6. The molecule has 0 aliphatic rings. The van der Waals surface area contributed by atoms with Crippen LogP contribution >= 0.6 is 0 Å². The van der Waals surface area contributed by atoms with Crippen LogP contribution in [0.4, 0.5) is 14.5 Å². The minimum atomic E-state index is -4.57. The zero-order valence-corrected chi connectivity index (χ0v) is 11.8. The highest BCUT2D eigenvalue weighted by Crippen LogP contribution is 2.25. The van der Waals surface area contributed by atoms with Gasteiger partial charge in [-0.25, -0.2) is 8.42 Å². The summed E-state index contributed by atoms with van der Waals surface area (Å²) in [7, 11) is -2.65. The summed E-state index contributed by atoms with van der Waals surface area (Å²) in [5, 5.41) is 2.89. The zero-order chi connectivity index (χ0) is 14.5. The van der Waals surface area contributed by atoms with Gasteiger partial charge in [0.15, 0.2) is 0 Å². The van der Waals surface area contributed by atoms with E-state index in [1.165, 1.54) is 18.2 Å². The number of nitrogens with one attached hydrogen (secondary N) is 1. The molecule has 0 radical (unpaired) electrons. The van der Waals surface area contributed by atoms with Crippen LogP contribution in [-0.2, 0) is 9.84 Å². The molecule has 1 aromatic carbocycles. The maximum Gasteiger partial charge on any atom is 0.341 e. The van der Waals surface area contributed by atoms with Gasteiger partial charge in [-0.2, -0.15) is 8.78 Å². The molecule has 0 saturated heterocycles. The molecule has 1 aromatic rings. The number of anilines is 1. The monoisotopic (exact) mass is 292 g/mol. The quantitative estimate of drug-likeness (QED) is 0.835. The lowest BCUT2D eigenvalue weighted by atomic mass is 10.3. The predicted octanol–water partition coefficient (Wildman–Crippen LogP) is 2.05. The molecule has 0 heterocycles. The fraction of sp³-hybridized carbons (Fsp3) is 0.500. The van der Waals surface area contributed by atoms with Crippen LogP contribution in [0.3, 0.4) is 0 Å². The summed E-state index contributed by atoms with van der Waals surface area (Å²) in [4.78, 5) is 1.67. The van der Waals surface area contributed by atoms with Gasteiger partial charge in [-0.3, -0.25) is 0 Å². The van der Waals surface area contributed by atoms with Crippen molar-refractivity contribution < 1.29 is 17.2 Å². The van der Waals surface area contributed by atoms with E-state index in [1.807, 2.05) is 18.9 Å². The number of alkyl halides is 2. The Labute approximate surface area is 112 Å². The Balaban J connectivity index is 2.86. The third-order valence-corrected chi connectivity index (χ3v) is 4.22. The number of likely N-dealkylation sites (N-methyl/N-ethyl adjacent to an activating group) is 1. The van der Waals surface area contributed by atoms with Gasteiger partial charge in [0.05, 0.1) is 10.6 Å². The van der Waals surface area contributed by atoms with Crippen LogP contribution in [-0.4, -0.2) is 45.8 Å². The first-order chi connectivity index (χ1) is 8.89. The number of halogens is 2. The summed E-state index contributed by atoms with van der Waals surface area (Å²) < 4.78 is 48.1. The van der Waals surface area contributed by atoms with Crippen LogP contribution in [0, 0.1) is 0 Å². The lowest BCUT2D eigenvalue weighted by molar-refractivity contribution is 0.235. The van der Waals surface area contributed by atoms with Gasteiger partial charge < -0.3 is 10.2 Å². The van der Waals surface area contributed by atoms with Crippen molar-refractivity contribution in [3.05, 3.63) is 24.3 Å². The van der Waals surface area contributed by atoms with E-state index in [0.717, 1.165) is 6.54 Å². The largest absolute Gasteiger partial charge is 0.383 e. The summed E-state index contributed by atoms with van der Waals surface area (Å²) in [6, 6.07) is 5.71. The van der Waals surface area contributed by atoms with E-state index in [2.05, 4.69) is 5.32 Å². The molecule has 0 aromatic heterocycles. The SMILES string of the molecule is CCN(C)CCNc1ccccc1S(=O)(=O)C(F)F. The topological polar surface area (TPSA) is 49.4 Å². The van der Waals surface area contributed by atoms with Gasteiger partial charge in [0.25, 0.3) is 0 Å². The lowest BCUT2D eigenvalue weighted by Gasteiger charge is -2.16. The molecule has 0 saturated carbocycles. The lowest BCUT2D eigenvalue weighted by Crippen LogP contribution is -2.25. The van der Waals surface area contributed by atoms with Crippen molar-refractivity contribution in [3.8, 4) is 0 Å². The maximum absolute atomic E-state index is 12.6. The van der Waals surface area contributed by atoms with Crippen molar-refractivity contribution in [1.29, 1.82) is 0 Å². The van der Waals surface area contributed by atoms with E-state index in [4.69, 9.17) is 0 Å². The summed E-state index contributed by atoms with van der Waals surface area (Å²) in [6.45, 7) is 4.04. The van der Waals surface area contributed by atoms with Gasteiger partial charge in [-0.05, 0) is 25.7 Å². The highest BCUT2D eigenvalue weighted by molar-refractivity contribution is 7.91. The first kappa shape index (κ1) is 15.8. The molecular formula is C12H18F2N2O2S. The van der Waals surface area contributed by atoms with Crippen molar-refractivity contribution in [2.75, 3.05) is 32.0 Å². The van der Waals surface area contributed by atoms with Gasteiger partial charge >= 0.3 is 5.76 Å². The van der Waals surface area contributed by atoms with Crippen LogP contribution in [0.1, 0.15) is 6.92 Å². The molecule has 0 aliphatic heterocycles. The van der Waals surface area contributed by atoms with Crippen LogP contribution in [0.2, 0.25) is 0 Å². The highest BCUT2D eigenvalue weighted by Gasteiger charge is 2.28. The third kappa shape index (κ3) is 4.14. The molecule has 108 valence electrons. The van der Waals surface area contributed by atoms with Crippen molar-refractivity contribution >= 4 is 15.5 Å². The first-order valence-corrected chi connectivity index (χ1v) is 7.47. The van der Waals surface area contributed by atoms with Crippen molar-refractivity contribution in [3.63, 3.8) is 0 Å². The summed E-state index contributed by atoms with van der Waals surface area (Å²) >= 11 is 0. The zero-order valence-electron chi connectivity index (χ0n) is 10.9. The molecule has 0 fully saturated rings. The van der Waals surface area contributed by atoms with Crippen LogP contribution in [0.5, 0.6) is 0 Å². The first-order valence-electron chi connectivity index (χ1n) is 5.93. The number of para-hydroxylation sites is 1. The summed E-state index contributed by atoms with van der Waals surface area (Å²) in [5.41, 5.74) is 0.215. The fourth-order valence-corrected chi connectivity index (χ4v) is 2.40. The Morgan fingerprint density at radius 1 is 1.32 bits per heavy atom. The Kier molecular flexibility index (Phi) is 5.68. The molecule has 1 N–H and O–H groups in total. The molecule has 0 unspecified atom stereocenters. The average Bonchev–Trinajstić information content (AvgIpc) is 2.38. The average molecular weight is 292 g/mol. The highest BCUT2D eigenvalue weighted by atomic mass is 32.2. The molecule has 0 bridgehead atoms. The standard InChI is InChI=1S/C12H18F2N2O2S/c1-3-16(2)9-8-15-10-6-4-5-7-11(10)19(17,18)12(13)14/h4-7,12,15H,3,8-9H2,1-2H3. The number of rotatable bonds is 7. The molecule has 19 heavy (non-hydrogen) atoms. The van der Waals surface area contributed by atoms with Crippen molar-refractivity contribution in [1.82, 2.24) is 4.90 Å². The molecule has 0 atom stereocenters. The van der Waals surface area contributed by atoms with Crippen molar-refractivity contribution in [2.45, 2.75) is 17.6 Å². The van der Waals surface area contributed by atoms with E-state index in [9.17, 15) is 17.2 Å². The van der Waals surface area contributed by atoms with Gasteiger partial charge in [-0.15, -0.1) is 0 Å². The molecule has 7 heteroatoms. The minimum Gasteiger partial charge on any atom is -0.383 e. The van der Waals surface area contributed by atoms with Gasteiger partial charge in [0.1, 0.15) is 0 Å². The number of hydrogen-bond acceptors (Lipinski definition) is 4. The Bertz CT molecular complexity index is 506. The van der Waals surface area contributed by atoms with Gasteiger partial charge in [0.2, 0.25) is 9.84 Å². The van der Waals surface area contributed by atoms with Gasteiger partial charge in [-0.1, -0.05) is 19.1 Å². The molecular weight excluding hydrogens is 274 g/mol. The number of benzene rings is 1.